The van der Waals surface area contributed by atoms with Gasteiger partial charge >= 0.3 is 0 Å². The Morgan fingerprint density at radius 1 is 0.321 bits per heavy atom. The van der Waals surface area contributed by atoms with E-state index in [2.05, 4.69) is 152 Å². The molecule has 8 nitrogen and oxygen atoms in total. The molecular weight excluding hydrogens is 969 g/mol. The first-order chi connectivity index (χ1) is 36.5. The average molecular weight is 1120 g/mol. The van der Waals surface area contributed by atoms with Gasteiger partial charge in [0.1, 0.15) is 0 Å². The quantitative estimate of drug-likeness (QED) is 0.118. The molecule has 10 unspecified atom stereocenters. The molecule has 0 heterocycles. The second-order valence-electron chi connectivity index (χ2n) is 26.7. The van der Waals surface area contributed by atoms with Crippen molar-refractivity contribution in [3.05, 3.63) is 0 Å². The minimum atomic E-state index is 0.00366. The van der Waals surface area contributed by atoms with Gasteiger partial charge in [-0.3, -0.25) is 0 Å². The summed E-state index contributed by atoms with van der Waals surface area (Å²) < 4.78 is 42.7. The van der Waals surface area contributed by atoms with E-state index in [9.17, 15) is 0 Å². The molecule has 4 rings (SSSR count). The topological polar surface area (TPSA) is 73.8 Å². The van der Waals surface area contributed by atoms with Gasteiger partial charge in [-0.1, -0.05) is 159 Å². The largest absolute Gasteiger partial charge is 0.381 e. The summed E-state index contributed by atoms with van der Waals surface area (Å²) in [6, 6.07) is 0. The molecule has 0 saturated heterocycles. The monoisotopic (exact) mass is 1120 g/mol. The second-order valence-corrected chi connectivity index (χ2v) is 26.7. The van der Waals surface area contributed by atoms with Crippen LogP contribution in [0.5, 0.6) is 0 Å². The van der Waals surface area contributed by atoms with Crippen LogP contribution < -0.4 is 0 Å². The van der Waals surface area contributed by atoms with Crippen LogP contribution in [0.15, 0.2) is 0 Å². The minimum absolute atomic E-state index is 0.00366. The summed E-state index contributed by atoms with van der Waals surface area (Å²) in [7, 11) is 10.8. The van der Waals surface area contributed by atoms with Crippen molar-refractivity contribution in [3.8, 4) is 0 Å². The van der Waals surface area contributed by atoms with Gasteiger partial charge in [-0.05, 0) is 195 Å². The van der Waals surface area contributed by atoms with Crippen LogP contribution in [-0.2, 0) is 37.9 Å². The van der Waals surface area contributed by atoms with E-state index in [0.29, 0.717) is 78.6 Å². The number of rotatable bonds is 19. The third-order valence-electron chi connectivity index (χ3n) is 18.1. The molecule has 0 N–H and O–H groups in total. The van der Waals surface area contributed by atoms with E-state index in [1.807, 2.05) is 28.4 Å². The summed E-state index contributed by atoms with van der Waals surface area (Å²) in [4.78, 5) is 0. The molecule has 0 radical (unpaired) electrons. The number of hydrogen-bond acceptors (Lipinski definition) is 8. The van der Waals surface area contributed by atoms with Gasteiger partial charge in [-0.2, -0.15) is 0 Å². The number of hydrogen-bond donors (Lipinski definition) is 0. The van der Waals surface area contributed by atoms with Gasteiger partial charge < -0.3 is 37.9 Å². The van der Waals surface area contributed by atoms with E-state index in [1.165, 1.54) is 148 Å². The molecule has 4 saturated carbocycles. The fourth-order valence-corrected chi connectivity index (χ4v) is 10.1. The van der Waals surface area contributed by atoms with E-state index in [-0.39, 0.29) is 5.60 Å². The van der Waals surface area contributed by atoms with Crippen LogP contribution in [0.3, 0.4) is 0 Å². The van der Waals surface area contributed by atoms with Crippen LogP contribution in [0.4, 0.5) is 0 Å². The molecule has 0 aromatic rings. The zero-order valence-electron chi connectivity index (χ0n) is 58.4. The van der Waals surface area contributed by atoms with E-state index in [1.54, 1.807) is 14.2 Å². The fraction of sp³-hybridized carbons (Fsp3) is 1.00. The lowest BCUT2D eigenvalue weighted by Gasteiger charge is -2.27. The summed E-state index contributed by atoms with van der Waals surface area (Å²) in [5.41, 5.74) is 0.00366. The minimum Gasteiger partial charge on any atom is -0.381 e. The normalized spacial score (nSPS) is 20.9. The lowest BCUT2D eigenvalue weighted by atomic mass is 9.86. The van der Waals surface area contributed by atoms with Crippen molar-refractivity contribution < 1.29 is 37.9 Å². The molecule has 4 fully saturated rings. The van der Waals surface area contributed by atoms with Crippen molar-refractivity contribution >= 4 is 0 Å². The lowest BCUT2D eigenvalue weighted by molar-refractivity contribution is -0.0698. The van der Waals surface area contributed by atoms with Crippen molar-refractivity contribution in [1.29, 1.82) is 0 Å². The Bertz CT molecular complexity index is 1160. The third-order valence-corrected chi connectivity index (χ3v) is 18.1. The van der Waals surface area contributed by atoms with Gasteiger partial charge in [0.15, 0.2) is 0 Å². The molecular formula is C70H148O8. The van der Waals surface area contributed by atoms with Gasteiger partial charge in [-0.15, -0.1) is 0 Å². The molecule has 0 spiro atoms. The highest BCUT2D eigenvalue weighted by Gasteiger charge is 2.22. The summed E-state index contributed by atoms with van der Waals surface area (Å²) in [5, 5.41) is 0. The molecule has 4 aliphatic rings. The van der Waals surface area contributed by atoms with Crippen molar-refractivity contribution in [1.82, 2.24) is 0 Å². The van der Waals surface area contributed by atoms with E-state index < -0.39 is 0 Å². The van der Waals surface area contributed by atoms with Crippen molar-refractivity contribution in [2.75, 3.05) is 42.7 Å². The van der Waals surface area contributed by atoms with Crippen LogP contribution in [-0.4, -0.2) is 103 Å². The third kappa shape index (κ3) is 49.1. The first-order valence-corrected chi connectivity index (χ1v) is 33.0. The smallest absolute Gasteiger partial charge is 0.0602 e. The summed E-state index contributed by atoms with van der Waals surface area (Å²) in [5.74, 6) is 6.69. The molecule has 78 heavy (non-hydrogen) atoms. The van der Waals surface area contributed by atoms with Crippen molar-refractivity contribution in [2.24, 2.45) is 53.3 Å². The van der Waals surface area contributed by atoms with E-state index in [0.717, 1.165) is 29.6 Å². The highest BCUT2D eigenvalue weighted by Crippen LogP contribution is 2.30. The predicted octanol–water partition coefficient (Wildman–Crippen LogP) is 20.9. The van der Waals surface area contributed by atoms with Gasteiger partial charge in [-0.25, -0.2) is 0 Å². The number of ether oxygens (including phenoxy) is 8. The van der Waals surface area contributed by atoms with E-state index >= 15 is 0 Å². The van der Waals surface area contributed by atoms with Crippen LogP contribution in [0.1, 0.15) is 300 Å². The maximum Gasteiger partial charge on any atom is 0.0602 e. The predicted molar refractivity (Wildman–Crippen MR) is 343 cm³/mol. The summed E-state index contributed by atoms with van der Waals surface area (Å²) in [6.07, 6.45) is 36.1. The molecule has 8 heteroatoms. The Morgan fingerprint density at radius 2 is 0.577 bits per heavy atom. The zero-order chi connectivity index (χ0) is 60.8. The molecule has 0 amide bonds. The van der Waals surface area contributed by atoms with Crippen LogP contribution in [0.2, 0.25) is 0 Å². The molecule has 0 aromatic carbocycles. The SMILES string of the molecule is CC(C)C(C)OC(C)(C)C.CC(C)OC(C)C(C)C.CCC(C)C(C)OC.COC(C)C(C)C(C)C.COC(C)C1CCCC1.COC(C)C1CCCCC1.COC(C)C1CCCCCC1.COC(C)C1CCCCCCC1. The highest BCUT2D eigenvalue weighted by atomic mass is 16.5. The van der Waals surface area contributed by atoms with Crippen LogP contribution >= 0.6 is 0 Å². The van der Waals surface area contributed by atoms with Gasteiger partial charge in [0.05, 0.1) is 60.5 Å². The van der Waals surface area contributed by atoms with Crippen molar-refractivity contribution in [2.45, 2.75) is 361 Å². The Labute approximate surface area is 492 Å². The Balaban J connectivity index is -0.000000402. The second kappa shape index (κ2) is 53.4. The zero-order valence-corrected chi connectivity index (χ0v) is 58.4. The van der Waals surface area contributed by atoms with E-state index in [4.69, 9.17) is 37.9 Å². The molecule has 0 aliphatic heterocycles. The van der Waals surface area contributed by atoms with Gasteiger partial charge in [0.25, 0.3) is 0 Å². The van der Waals surface area contributed by atoms with Gasteiger partial charge in [0, 0.05) is 42.7 Å². The maximum atomic E-state index is 5.70. The molecule has 4 aliphatic carbocycles. The lowest BCUT2D eigenvalue weighted by Crippen LogP contribution is -2.28. The van der Waals surface area contributed by atoms with Crippen LogP contribution in [0, 0.1) is 53.3 Å². The number of methoxy groups -OCH3 is 6. The molecule has 0 bridgehead atoms. The summed E-state index contributed by atoms with van der Waals surface area (Å²) >= 11 is 0. The van der Waals surface area contributed by atoms with Crippen LogP contribution in [0.25, 0.3) is 0 Å². The van der Waals surface area contributed by atoms with Gasteiger partial charge in [0.2, 0.25) is 0 Å². The molecule has 476 valence electrons. The Kier molecular flexibility index (Phi) is 57.6. The Hall–Kier alpha value is -0.320. The summed E-state index contributed by atoms with van der Waals surface area (Å²) in [6.45, 7) is 47.4. The molecule has 0 aromatic heterocycles. The first kappa shape index (κ1) is 84.1. The Morgan fingerprint density at radius 3 is 0.731 bits per heavy atom. The highest BCUT2D eigenvalue weighted by molar-refractivity contribution is 4.74. The first-order valence-electron chi connectivity index (χ1n) is 33.0. The average Bonchev–Trinajstić information content (AvgIpc) is 3.82. The maximum absolute atomic E-state index is 5.70. The van der Waals surface area contributed by atoms with Crippen molar-refractivity contribution in [3.63, 3.8) is 0 Å². The fourth-order valence-electron chi connectivity index (χ4n) is 10.1. The molecule has 10 atom stereocenters. The standard InChI is InChI=1S/C11H22O.C10H20O.C9H18O.C9H20O.C8H16O.2C8H18O.C7H16O/c1-10(12-2)11-8-6-4-3-5-7-9-11;1-9(11-2)10-7-5-3-4-6-8-10;1-8(10-2)9-6-4-3-5-7-9;1-7(2)8(3)10-9(4,5)6;1-7(9-2)8-5-3-4-6-8;1-6(2)7(3)8(4)9-5;1-6(2)8(5)9-7(3)4;1-5-6(2)7(3)8-4/h10-11H,3-9H2,1-2H3;9-10H,3-8H2,1-2H3;8-9H,3-7H2,1-2H3;7-8H,1-6H3;7-8H,3-6H2,1-2H3;2*6-8H,1-5H3;6-7H,5H2,1-4H3.